The van der Waals surface area contributed by atoms with Crippen LogP contribution in [0.5, 0.6) is 11.5 Å². The maximum absolute atomic E-state index is 5.58. The van der Waals surface area contributed by atoms with E-state index in [1.165, 1.54) is 63.4 Å². The van der Waals surface area contributed by atoms with Crippen molar-refractivity contribution in [1.82, 2.24) is 0 Å². The van der Waals surface area contributed by atoms with Gasteiger partial charge in [0.2, 0.25) is 0 Å². The molecule has 2 aliphatic rings. The highest BCUT2D eigenvalue weighted by Crippen LogP contribution is 2.44. The monoisotopic (exact) mass is 382 g/mol. The van der Waals surface area contributed by atoms with Crippen molar-refractivity contribution in [2.24, 2.45) is 0 Å². The summed E-state index contributed by atoms with van der Waals surface area (Å²) in [7, 11) is 3.38. The van der Waals surface area contributed by atoms with Gasteiger partial charge in [-0.1, -0.05) is 48.1 Å². The van der Waals surface area contributed by atoms with Crippen molar-refractivity contribution in [2.45, 2.75) is 32.6 Å². The van der Waals surface area contributed by atoms with Gasteiger partial charge in [0.1, 0.15) is 0 Å². The molecule has 5 rings (SSSR count). The van der Waals surface area contributed by atoms with Crippen LogP contribution in [-0.2, 0) is 6.42 Å². The summed E-state index contributed by atoms with van der Waals surface area (Å²) in [6.45, 7) is 2.17. The molecule has 0 saturated carbocycles. The van der Waals surface area contributed by atoms with E-state index in [1.807, 2.05) is 6.07 Å². The first-order chi connectivity index (χ1) is 14.2. The Bertz CT molecular complexity index is 1180. The maximum Gasteiger partial charge on any atom is 0.161 e. The molecule has 2 aliphatic carbocycles. The van der Waals surface area contributed by atoms with Gasteiger partial charge in [-0.25, -0.2) is 0 Å². The first kappa shape index (κ1) is 18.1. The van der Waals surface area contributed by atoms with Crippen molar-refractivity contribution in [3.8, 4) is 22.6 Å². The summed E-state index contributed by atoms with van der Waals surface area (Å²) in [6.07, 6.45) is 9.33. The third-order valence-corrected chi connectivity index (χ3v) is 6.31. The molecular weight excluding hydrogens is 356 g/mol. The number of methoxy groups -OCH3 is 2. The molecule has 0 spiro atoms. The molecule has 3 aromatic rings. The smallest absolute Gasteiger partial charge is 0.161 e. The van der Waals surface area contributed by atoms with Gasteiger partial charge in [-0.15, -0.1) is 0 Å². The number of rotatable bonds is 3. The van der Waals surface area contributed by atoms with Crippen LogP contribution in [0, 0.1) is 6.92 Å². The molecule has 0 aliphatic heterocycles. The number of hydrogen-bond donors (Lipinski definition) is 0. The number of aryl methyl sites for hydroxylation is 2. The fraction of sp³-hybridized carbons (Fsp3) is 0.259. The number of hydrogen-bond acceptors (Lipinski definition) is 2. The molecule has 0 saturated heterocycles. The average Bonchev–Trinajstić information content (AvgIpc) is 2.77. The zero-order valence-electron chi connectivity index (χ0n) is 17.3. The topological polar surface area (TPSA) is 18.5 Å². The fourth-order valence-electron chi connectivity index (χ4n) is 4.96. The lowest BCUT2D eigenvalue weighted by atomic mass is 9.78. The molecule has 0 unspecified atom stereocenters. The van der Waals surface area contributed by atoms with Crippen LogP contribution in [0.4, 0.5) is 0 Å². The first-order valence-corrected chi connectivity index (χ1v) is 10.4. The van der Waals surface area contributed by atoms with Gasteiger partial charge in [-0.2, -0.15) is 0 Å². The average molecular weight is 383 g/mol. The van der Waals surface area contributed by atoms with Crippen molar-refractivity contribution < 1.29 is 9.47 Å². The highest BCUT2D eigenvalue weighted by Gasteiger charge is 2.22. The Balaban J connectivity index is 1.79. The zero-order valence-corrected chi connectivity index (χ0v) is 17.3. The number of allylic oxidation sites excluding steroid dienone is 4. The van der Waals surface area contributed by atoms with Crippen LogP contribution < -0.4 is 9.47 Å². The zero-order chi connectivity index (χ0) is 20.0. The molecule has 2 nitrogen and oxygen atoms in total. The Kier molecular flexibility index (Phi) is 4.43. The van der Waals surface area contributed by atoms with Gasteiger partial charge in [-0.3, -0.25) is 0 Å². The van der Waals surface area contributed by atoms with Crippen molar-refractivity contribution >= 4 is 16.3 Å². The summed E-state index contributed by atoms with van der Waals surface area (Å²) in [5, 5.41) is 2.70. The summed E-state index contributed by atoms with van der Waals surface area (Å²) < 4.78 is 11.0. The SMILES string of the molecule is COc1ccc(-c2cc(C)cc3ccc4c(c23)CCC2=C4C=CCC2)cc1OC. The Morgan fingerprint density at radius 1 is 0.793 bits per heavy atom. The highest BCUT2D eigenvalue weighted by molar-refractivity contribution is 6.03. The van der Waals surface area contributed by atoms with Crippen molar-refractivity contribution in [3.63, 3.8) is 0 Å². The van der Waals surface area contributed by atoms with Crippen LogP contribution in [0.3, 0.4) is 0 Å². The maximum atomic E-state index is 5.58. The van der Waals surface area contributed by atoms with Crippen molar-refractivity contribution in [3.05, 3.63) is 76.9 Å². The molecular formula is C27H26O2. The van der Waals surface area contributed by atoms with Crippen LogP contribution in [0.15, 0.2) is 60.2 Å². The van der Waals surface area contributed by atoms with Crippen molar-refractivity contribution in [1.29, 1.82) is 0 Å². The van der Waals surface area contributed by atoms with E-state index in [9.17, 15) is 0 Å². The second-order valence-electron chi connectivity index (χ2n) is 8.03. The summed E-state index contributed by atoms with van der Waals surface area (Å²) in [4.78, 5) is 0. The van der Waals surface area contributed by atoms with Gasteiger partial charge in [0.05, 0.1) is 14.2 Å². The summed E-state index contributed by atoms with van der Waals surface area (Å²) in [6, 6.07) is 15.5. The first-order valence-electron chi connectivity index (χ1n) is 10.4. The van der Waals surface area contributed by atoms with Crippen LogP contribution in [-0.4, -0.2) is 14.2 Å². The van der Waals surface area contributed by atoms with E-state index in [4.69, 9.17) is 9.47 Å². The van der Waals surface area contributed by atoms with Gasteiger partial charge >= 0.3 is 0 Å². The molecule has 0 N–H and O–H groups in total. The van der Waals surface area contributed by atoms with E-state index in [2.05, 4.69) is 55.5 Å². The molecule has 0 amide bonds. The highest BCUT2D eigenvalue weighted by atomic mass is 16.5. The van der Waals surface area contributed by atoms with E-state index in [0.29, 0.717) is 0 Å². The lowest BCUT2D eigenvalue weighted by Crippen LogP contribution is -2.07. The van der Waals surface area contributed by atoms with Crippen LogP contribution in [0.25, 0.3) is 27.5 Å². The molecule has 0 bridgehead atoms. The molecule has 0 radical (unpaired) electrons. The van der Waals surface area contributed by atoms with Gasteiger partial charge in [0.15, 0.2) is 11.5 Å². The van der Waals surface area contributed by atoms with Gasteiger partial charge in [0, 0.05) is 0 Å². The molecule has 29 heavy (non-hydrogen) atoms. The Labute approximate surface area is 172 Å². The third kappa shape index (κ3) is 2.95. The van der Waals surface area contributed by atoms with E-state index in [0.717, 1.165) is 17.9 Å². The predicted octanol–water partition coefficient (Wildman–Crippen LogP) is 6.88. The normalized spacial score (nSPS) is 15.3. The number of fused-ring (bicyclic) bond motifs is 4. The molecule has 0 aromatic heterocycles. The predicted molar refractivity (Wildman–Crippen MR) is 121 cm³/mol. The van der Waals surface area contributed by atoms with Gasteiger partial charge < -0.3 is 9.47 Å². The largest absolute Gasteiger partial charge is 0.493 e. The van der Waals surface area contributed by atoms with Crippen LogP contribution in [0.1, 0.15) is 36.0 Å². The van der Waals surface area contributed by atoms with Gasteiger partial charge in [-0.05, 0) is 88.9 Å². The minimum atomic E-state index is 0.761. The van der Waals surface area contributed by atoms with E-state index in [-0.39, 0.29) is 0 Å². The lowest BCUT2D eigenvalue weighted by Gasteiger charge is -2.26. The van der Waals surface area contributed by atoms with Gasteiger partial charge in [0.25, 0.3) is 0 Å². The molecule has 146 valence electrons. The molecule has 0 heterocycles. The second kappa shape index (κ2) is 7.11. The Hall–Kier alpha value is -3.00. The third-order valence-electron chi connectivity index (χ3n) is 6.31. The van der Waals surface area contributed by atoms with Crippen LogP contribution >= 0.6 is 0 Å². The minimum Gasteiger partial charge on any atom is -0.493 e. The second-order valence-corrected chi connectivity index (χ2v) is 8.03. The lowest BCUT2D eigenvalue weighted by molar-refractivity contribution is 0.355. The minimum absolute atomic E-state index is 0.761. The fourth-order valence-corrected chi connectivity index (χ4v) is 4.96. The number of benzene rings is 3. The summed E-state index contributed by atoms with van der Waals surface area (Å²) in [5.74, 6) is 1.53. The molecule has 0 atom stereocenters. The summed E-state index contributed by atoms with van der Waals surface area (Å²) in [5.41, 5.74) is 9.70. The molecule has 3 aromatic carbocycles. The van der Waals surface area contributed by atoms with E-state index < -0.39 is 0 Å². The standard InChI is InChI=1S/C27H26O2/c1-17-14-20-9-11-22-21-7-5-4-6-18(21)8-12-23(22)27(20)24(15-17)19-10-13-25(28-2)26(16-19)29-3/h5,7,9-11,13-16H,4,6,8,12H2,1-3H3. The molecule has 0 fully saturated rings. The molecule has 2 heteroatoms. The van der Waals surface area contributed by atoms with E-state index in [1.54, 1.807) is 19.8 Å². The van der Waals surface area contributed by atoms with E-state index >= 15 is 0 Å². The Morgan fingerprint density at radius 2 is 1.66 bits per heavy atom. The van der Waals surface area contributed by atoms with Crippen LogP contribution in [0.2, 0.25) is 0 Å². The Morgan fingerprint density at radius 3 is 2.48 bits per heavy atom. The quantitative estimate of drug-likeness (QED) is 0.491. The summed E-state index contributed by atoms with van der Waals surface area (Å²) >= 11 is 0. The number of ether oxygens (including phenoxy) is 2. The van der Waals surface area contributed by atoms with Crippen molar-refractivity contribution in [2.75, 3.05) is 14.2 Å².